The topological polar surface area (TPSA) is 12.0 Å². The van der Waals surface area contributed by atoms with Crippen LogP contribution in [0.4, 0.5) is 0 Å². The van der Waals surface area contributed by atoms with Crippen molar-refractivity contribution in [3.63, 3.8) is 0 Å². The molecule has 0 heterocycles. The Morgan fingerprint density at radius 1 is 0.846 bits per heavy atom. The average Bonchev–Trinajstić information content (AvgIpc) is 2.16. The zero-order valence-electron chi connectivity index (χ0n) is 8.95. The van der Waals surface area contributed by atoms with Crippen LogP contribution in [-0.2, 0) is 0 Å². The van der Waals surface area contributed by atoms with Gasteiger partial charge in [0.2, 0.25) is 0 Å². The SMILES string of the molecule is CCCCCCCCNCCCBr. The van der Waals surface area contributed by atoms with Crippen LogP contribution in [0, 0.1) is 0 Å². The number of unbranched alkanes of at least 4 members (excludes halogenated alkanes) is 5. The van der Waals surface area contributed by atoms with Crippen molar-refractivity contribution in [1.82, 2.24) is 5.32 Å². The summed E-state index contributed by atoms with van der Waals surface area (Å²) in [5.41, 5.74) is 0. The van der Waals surface area contributed by atoms with Gasteiger partial charge in [0.05, 0.1) is 0 Å². The molecule has 0 fully saturated rings. The first-order valence-electron chi connectivity index (χ1n) is 5.68. The van der Waals surface area contributed by atoms with Gasteiger partial charge in [-0.15, -0.1) is 0 Å². The standard InChI is InChI=1S/C11H24BrN/c1-2-3-4-5-6-7-10-13-11-8-9-12/h13H,2-11H2,1H3. The zero-order valence-corrected chi connectivity index (χ0v) is 10.5. The highest BCUT2D eigenvalue weighted by Crippen LogP contribution is 2.03. The van der Waals surface area contributed by atoms with E-state index in [4.69, 9.17) is 0 Å². The molecular weight excluding hydrogens is 226 g/mol. The Morgan fingerprint density at radius 2 is 1.46 bits per heavy atom. The van der Waals surface area contributed by atoms with E-state index in [1.807, 2.05) is 0 Å². The molecule has 0 aromatic heterocycles. The number of halogens is 1. The minimum Gasteiger partial charge on any atom is -0.317 e. The van der Waals surface area contributed by atoms with Crippen molar-refractivity contribution in [2.45, 2.75) is 51.9 Å². The Bertz CT molecular complexity index is 76.2. The average molecular weight is 250 g/mol. The maximum absolute atomic E-state index is 3.45. The molecule has 0 aromatic rings. The van der Waals surface area contributed by atoms with Crippen LogP contribution in [0.15, 0.2) is 0 Å². The molecule has 0 atom stereocenters. The van der Waals surface area contributed by atoms with Crippen LogP contribution in [0.5, 0.6) is 0 Å². The van der Waals surface area contributed by atoms with Crippen molar-refractivity contribution < 1.29 is 0 Å². The molecule has 13 heavy (non-hydrogen) atoms. The van der Waals surface area contributed by atoms with Gasteiger partial charge in [0.25, 0.3) is 0 Å². The molecule has 0 saturated heterocycles. The number of rotatable bonds is 10. The van der Waals surface area contributed by atoms with Gasteiger partial charge in [-0.05, 0) is 25.9 Å². The molecule has 0 saturated carbocycles. The molecule has 0 aromatic carbocycles. The molecule has 0 aliphatic heterocycles. The van der Waals surface area contributed by atoms with Crippen molar-refractivity contribution >= 4 is 15.9 Å². The third-order valence-corrected chi connectivity index (χ3v) is 2.76. The fourth-order valence-electron chi connectivity index (χ4n) is 1.35. The molecule has 1 N–H and O–H groups in total. The lowest BCUT2D eigenvalue weighted by molar-refractivity contribution is 0.571. The molecule has 2 heteroatoms. The summed E-state index contributed by atoms with van der Waals surface area (Å²) in [4.78, 5) is 0. The maximum atomic E-state index is 3.45. The van der Waals surface area contributed by atoms with E-state index in [1.165, 1.54) is 58.0 Å². The van der Waals surface area contributed by atoms with Crippen LogP contribution in [0.25, 0.3) is 0 Å². The van der Waals surface area contributed by atoms with Gasteiger partial charge in [-0.25, -0.2) is 0 Å². The first-order valence-corrected chi connectivity index (χ1v) is 6.80. The summed E-state index contributed by atoms with van der Waals surface area (Å²) in [6, 6.07) is 0. The Kier molecular flexibility index (Phi) is 12.9. The zero-order chi connectivity index (χ0) is 9.78. The molecule has 80 valence electrons. The van der Waals surface area contributed by atoms with Crippen LogP contribution in [-0.4, -0.2) is 18.4 Å². The van der Waals surface area contributed by atoms with E-state index in [0.717, 1.165) is 5.33 Å². The Morgan fingerprint density at radius 3 is 2.15 bits per heavy atom. The van der Waals surface area contributed by atoms with Crippen LogP contribution >= 0.6 is 15.9 Å². The predicted molar refractivity (Wildman–Crippen MR) is 64.7 cm³/mol. The highest BCUT2D eigenvalue weighted by atomic mass is 79.9. The van der Waals surface area contributed by atoms with Gasteiger partial charge in [0.1, 0.15) is 0 Å². The first kappa shape index (κ1) is 13.4. The molecule has 0 unspecified atom stereocenters. The highest BCUT2D eigenvalue weighted by Gasteiger charge is 1.89. The summed E-state index contributed by atoms with van der Waals surface area (Å²) in [7, 11) is 0. The van der Waals surface area contributed by atoms with Crippen molar-refractivity contribution in [3.05, 3.63) is 0 Å². The van der Waals surface area contributed by atoms with E-state index in [9.17, 15) is 0 Å². The van der Waals surface area contributed by atoms with Crippen LogP contribution in [0.1, 0.15) is 51.9 Å². The quantitative estimate of drug-likeness (QED) is 0.460. The molecule has 0 amide bonds. The molecule has 0 aliphatic rings. The van der Waals surface area contributed by atoms with Crippen molar-refractivity contribution in [3.8, 4) is 0 Å². The lowest BCUT2D eigenvalue weighted by Crippen LogP contribution is -2.16. The minimum atomic E-state index is 1.12. The van der Waals surface area contributed by atoms with Crippen LogP contribution < -0.4 is 5.32 Å². The minimum absolute atomic E-state index is 1.12. The van der Waals surface area contributed by atoms with E-state index in [2.05, 4.69) is 28.2 Å². The van der Waals surface area contributed by atoms with Crippen molar-refractivity contribution in [2.75, 3.05) is 18.4 Å². The fourth-order valence-corrected chi connectivity index (χ4v) is 1.63. The van der Waals surface area contributed by atoms with Gasteiger partial charge < -0.3 is 5.32 Å². The van der Waals surface area contributed by atoms with Gasteiger partial charge in [0.15, 0.2) is 0 Å². The lowest BCUT2D eigenvalue weighted by Gasteiger charge is -2.02. The summed E-state index contributed by atoms with van der Waals surface area (Å²) in [6.45, 7) is 4.64. The van der Waals surface area contributed by atoms with Gasteiger partial charge in [-0.2, -0.15) is 0 Å². The summed E-state index contributed by atoms with van der Waals surface area (Å²) in [5.74, 6) is 0. The van der Waals surface area contributed by atoms with Crippen molar-refractivity contribution in [1.29, 1.82) is 0 Å². The predicted octanol–water partition coefficient (Wildman–Crippen LogP) is 3.72. The number of alkyl halides is 1. The van der Waals surface area contributed by atoms with Crippen LogP contribution in [0.3, 0.4) is 0 Å². The molecular formula is C11H24BrN. The second kappa shape index (κ2) is 12.4. The van der Waals surface area contributed by atoms with Gasteiger partial charge in [-0.1, -0.05) is 55.0 Å². The molecule has 0 rings (SSSR count). The molecule has 0 radical (unpaired) electrons. The smallest absolute Gasteiger partial charge is 0.00433 e. The van der Waals surface area contributed by atoms with E-state index in [0.29, 0.717) is 0 Å². The third kappa shape index (κ3) is 12.4. The number of hydrogen-bond donors (Lipinski definition) is 1. The van der Waals surface area contributed by atoms with E-state index < -0.39 is 0 Å². The Labute approximate surface area is 91.8 Å². The van der Waals surface area contributed by atoms with Gasteiger partial charge in [0, 0.05) is 5.33 Å². The second-order valence-corrected chi connectivity index (χ2v) is 4.35. The molecule has 0 bridgehead atoms. The summed E-state index contributed by atoms with van der Waals surface area (Å²) < 4.78 is 0. The summed E-state index contributed by atoms with van der Waals surface area (Å²) >= 11 is 3.42. The lowest BCUT2D eigenvalue weighted by atomic mass is 10.1. The Hall–Kier alpha value is 0.440. The summed E-state index contributed by atoms with van der Waals surface area (Å²) in [5, 5.41) is 4.57. The van der Waals surface area contributed by atoms with Crippen molar-refractivity contribution in [2.24, 2.45) is 0 Å². The first-order chi connectivity index (χ1) is 6.41. The van der Waals surface area contributed by atoms with Gasteiger partial charge >= 0.3 is 0 Å². The van der Waals surface area contributed by atoms with Crippen LogP contribution in [0.2, 0.25) is 0 Å². The third-order valence-electron chi connectivity index (χ3n) is 2.19. The molecule has 1 nitrogen and oxygen atoms in total. The number of nitrogens with one attached hydrogen (secondary N) is 1. The second-order valence-electron chi connectivity index (χ2n) is 3.56. The normalized spacial score (nSPS) is 10.6. The molecule has 0 aliphatic carbocycles. The van der Waals surface area contributed by atoms with E-state index >= 15 is 0 Å². The molecule has 0 spiro atoms. The Balaban J connectivity index is 2.76. The monoisotopic (exact) mass is 249 g/mol. The summed E-state index contributed by atoms with van der Waals surface area (Å²) in [6.07, 6.45) is 9.62. The van der Waals surface area contributed by atoms with Gasteiger partial charge in [-0.3, -0.25) is 0 Å². The fraction of sp³-hybridized carbons (Fsp3) is 1.00. The highest BCUT2D eigenvalue weighted by molar-refractivity contribution is 9.09. The maximum Gasteiger partial charge on any atom is 0.00433 e. The largest absolute Gasteiger partial charge is 0.317 e. The van der Waals surface area contributed by atoms with E-state index in [1.54, 1.807) is 0 Å². The number of hydrogen-bond acceptors (Lipinski definition) is 1. The van der Waals surface area contributed by atoms with E-state index in [-0.39, 0.29) is 0 Å².